The zero-order chi connectivity index (χ0) is 13.1. The van der Waals surface area contributed by atoms with Crippen LogP contribution in [0.4, 0.5) is 17.1 Å². The Balaban J connectivity index is 2.36. The van der Waals surface area contributed by atoms with Crippen LogP contribution in [0.5, 0.6) is 0 Å². The van der Waals surface area contributed by atoms with Gasteiger partial charge in [-0.05, 0) is 12.1 Å². The molecular weight excluding hydrogens is 240 g/mol. The summed E-state index contributed by atoms with van der Waals surface area (Å²) in [6, 6.07) is 4.14. The molecule has 0 saturated carbocycles. The molecule has 0 radical (unpaired) electrons. The van der Waals surface area contributed by atoms with Gasteiger partial charge in [-0.25, -0.2) is 0 Å². The molecule has 0 atom stereocenters. The number of carbonyl (C=O) groups is 1. The van der Waals surface area contributed by atoms with E-state index < -0.39 is 16.5 Å². The summed E-state index contributed by atoms with van der Waals surface area (Å²) >= 11 is 0. The minimum absolute atomic E-state index is 0.0713. The quantitative estimate of drug-likeness (QED) is 0.480. The van der Waals surface area contributed by atoms with Crippen molar-refractivity contribution in [3.63, 3.8) is 0 Å². The first-order chi connectivity index (χ1) is 8.59. The molecule has 1 amide bonds. The molecule has 1 aromatic heterocycles. The molecule has 8 heteroatoms. The minimum atomic E-state index is -0.697. The monoisotopic (exact) mass is 248 g/mol. The van der Waals surface area contributed by atoms with Crippen LogP contribution < -0.4 is 11.1 Å². The van der Waals surface area contributed by atoms with Crippen LogP contribution >= 0.6 is 0 Å². The van der Waals surface area contributed by atoms with Gasteiger partial charge in [-0.3, -0.25) is 14.9 Å². The fraction of sp³-hybridized carbons (Fsp3) is 0. The number of benzene rings is 1. The third-order valence-corrected chi connectivity index (χ3v) is 2.18. The standard InChI is InChI=1S/C10H8N4O4/c11-8-3-1-2-7(9(8)14(16)17)10(15)13-6-4-12-18-5-6/h1-5H,11H2,(H,13,15). The predicted octanol–water partition coefficient (Wildman–Crippen LogP) is 1.42. The predicted molar refractivity (Wildman–Crippen MR) is 62.0 cm³/mol. The van der Waals surface area contributed by atoms with Crippen molar-refractivity contribution in [2.24, 2.45) is 0 Å². The lowest BCUT2D eigenvalue weighted by atomic mass is 10.1. The van der Waals surface area contributed by atoms with Crippen molar-refractivity contribution in [2.75, 3.05) is 11.1 Å². The zero-order valence-electron chi connectivity index (χ0n) is 8.99. The summed E-state index contributed by atoms with van der Waals surface area (Å²) in [5.74, 6) is -0.655. The number of carbonyl (C=O) groups excluding carboxylic acids is 1. The summed E-state index contributed by atoms with van der Waals surface area (Å²) in [6.45, 7) is 0. The SMILES string of the molecule is Nc1cccc(C(=O)Nc2cnoc2)c1[N+](=O)[O-]. The Morgan fingerprint density at radius 1 is 1.50 bits per heavy atom. The molecule has 2 rings (SSSR count). The number of nitro groups is 1. The average molecular weight is 248 g/mol. The van der Waals surface area contributed by atoms with E-state index in [0.717, 1.165) is 0 Å². The van der Waals surface area contributed by atoms with Gasteiger partial charge in [-0.2, -0.15) is 0 Å². The molecule has 0 unspecified atom stereocenters. The van der Waals surface area contributed by atoms with Gasteiger partial charge in [0.2, 0.25) is 0 Å². The van der Waals surface area contributed by atoms with Crippen molar-refractivity contribution in [2.45, 2.75) is 0 Å². The Morgan fingerprint density at radius 3 is 2.89 bits per heavy atom. The second-order valence-corrected chi connectivity index (χ2v) is 3.37. The van der Waals surface area contributed by atoms with E-state index >= 15 is 0 Å². The van der Waals surface area contributed by atoms with Gasteiger partial charge >= 0.3 is 5.69 Å². The van der Waals surface area contributed by atoms with Crippen molar-refractivity contribution in [3.8, 4) is 0 Å². The molecule has 0 saturated heterocycles. The lowest BCUT2D eigenvalue weighted by Crippen LogP contribution is -2.14. The number of rotatable bonds is 3. The van der Waals surface area contributed by atoms with Gasteiger partial charge in [-0.15, -0.1) is 0 Å². The molecule has 1 heterocycles. The first-order valence-corrected chi connectivity index (χ1v) is 4.83. The topological polar surface area (TPSA) is 124 Å². The molecular formula is C10H8N4O4. The number of nitrogens with zero attached hydrogens (tertiary/aromatic N) is 2. The van der Waals surface area contributed by atoms with E-state index in [1.165, 1.54) is 30.7 Å². The van der Waals surface area contributed by atoms with Gasteiger partial charge in [0, 0.05) is 0 Å². The normalized spacial score (nSPS) is 10.0. The number of hydrogen-bond acceptors (Lipinski definition) is 6. The molecule has 0 aliphatic rings. The van der Waals surface area contributed by atoms with Gasteiger partial charge in [0.05, 0.1) is 11.1 Å². The molecule has 0 aliphatic carbocycles. The third-order valence-electron chi connectivity index (χ3n) is 2.18. The first kappa shape index (κ1) is 11.6. The molecule has 2 aromatic rings. The second-order valence-electron chi connectivity index (χ2n) is 3.37. The van der Waals surface area contributed by atoms with Crippen LogP contribution in [0.2, 0.25) is 0 Å². The maximum absolute atomic E-state index is 11.8. The number of nitro benzene ring substituents is 1. The molecule has 0 spiro atoms. The van der Waals surface area contributed by atoms with Gasteiger partial charge in [0.15, 0.2) is 0 Å². The van der Waals surface area contributed by atoms with Gasteiger partial charge in [-0.1, -0.05) is 11.2 Å². The number of nitrogens with one attached hydrogen (secondary N) is 1. The van der Waals surface area contributed by atoms with Gasteiger partial charge < -0.3 is 15.6 Å². The van der Waals surface area contributed by atoms with E-state index in [1.54, 1.807) is 0 Å². The Hall–Kier alpha value is -2.90. The highest BCUT2D eigenvalue weighted by Gasteiger charge is 2.23. The molecule has 0 bridgehead atoms. The van der Waals surface area contributed by atoms with Crippen LogP contribution in [0, 0.1) is 10.1 Å². The zero-order valence-corrected chi connectivity index (χ0v) is 8.99. The molecule has 8 nitrogen and oxygen atoms in total. The molecule has 92 valence electrons. The fourth-order valence-corrected chi connectivity index (χ4v) is 1.41. The average Bonchev–Trinajstić information content (AvgIpc) is 2.80. The Morgan fingerprint density at radius 2 is 2.28 bits per heavy atom. The van der Waals surface area contributed by atoms with Crippen LogP contribution in [0.1, 0.15) is 10.4 Å². The van der Waals surface area contributed by atoms with Crippen molar-refractivity contribution in [1.29, 1.82) is 0 Å². The van der Waals surface area contributed by atoms with Crippen molar-refractivity contribution >= 4 is 23.0 Å². The lowest BCUT2D eigenvalue weighted by molar-refractivity contribution is -0.384. The summed E-state index contributed by atoms with van der Waals surface area (Å²) in [5.41, 5.74) is 5.16. The minimum Gasteiger partial charge on any atom is -0.393 e. The number of aromatic nitrogens is 1. The van der Waals surface area contributed by atoms with Crippen molar-refractivity contribution < 1.29 is 14.2 Å². The van der Waals surface area contributed by atoms with Crippen LogP contribution in [-0.2, 0) is 0 Å². The lowest BCUT2D eigenvalue weighted by Gasteiger charge is -2.04. The molecule has 0 aliphatic heterocycles. The highest BCUT2D eigenvalue weighted by molar-refractivity contribution is 6.08. The maximum Gasteiger partial charge on any atom is 0.304 e. The Kier molecular flexibility index (Phi) is 2.92. The first-order valence-electron chi connectivity index (χ1n) is 4.83. The van der Waals surface area contributed by atoms with E-state index in [1.807, 2.05) is 0 Å². The molecule has 3 N–H and O–H groups in total. The van der Waals surface area contributed by atoms with E-state index in [4.69, 9.17) is 5.73 Å². The number of para-hydroxylation sites is 1. The number of hydrogen-bond donors (Lipinski definition) is 2. The van der Waals surface area contributed by atoms with Crippen LogP contribution in [0.3, 0.4) is 0 Å². The van der Waals surface area contributed by atoms with Gasteiger partial charge in [0.1, 0.15) is 23.2 Å². The van der Waals surface area contributed by atoms with Crippen molar-refractivity contribution in [1.82, 2.24) is 5.16 Å². The maximum atomic E-state index is 11.8. The summed E-state index contributed by atoms with van der Waals surface area (Å²) < 4.78 is 4.53. The van der Waals surface area contributed by atoms with E-state index in [2.05, 4.69) is 15.0 Å². The smallest absolute Gasteiger partial charge is 0.304 e. The number of nitrogens with two attached hydrogens (primary N) is 1. The highest BCUT2D eigenvalue weighted by Crippen LogP contribution is 2.26. The third kappa shape index (κ3) is 2.12. The Bertz CT molecular complexity index is 594. The molecule has 0 fully saturated rings. The number of amides is 1. The number of nitrogen functional groups attached to an aromatic ring is 1. The van der Waals surface area contributed by atoms with Crippen LogP contribution in [0.25, 0.3) is 0 Å². The summed E-state index contributed by atoms with van der Waals surface area (Å²) in [7, 11) is 0. The summed E-state index contributed by atoms with van der Waals surface area (Å²) in [5, 5.41) is 16.7. The van der Waals surface area contributed by atoms with E-state index in [-0.39, 0.29) is 11.3 Å². The molecule has 1 aromatic carbocycles. The summed E-state index contributed by atoms with van der Waals surface area (Å²) in [4.78, 5) is 22.0. The largest absolute Gasteiger partial charge is 0.393 e. The Labute approximate surface area is 101 Å². The van der Waals surface area contributed by atoms with Crippen molar-refractivity contribution in [3.05, 3.63) is 46.3 Å². The van der Waals surface area contributed by atoms with Gasteiger partial charge in [0.25, 0.3) is 5.91 Å². The fourth-order valence-electron chi connectivity index (χ4n) is 1.41. The summed E-state index contributed by atoms with van der Waals surface area (Å²) in [6.07, 6.45) is 2.48. The van der Waals surface area contributed by atoms with E-state index in [9.17, 15) is 14.9 Å². The van der Waals surface area contributed by atoms with Crippen LogP contribution in [-0.4, -0.2) is 16.0 Å². The van der Waals surface area contributed by atoms with Crippen LogP contribution in [0.15, 0.2) is 35.2 Å². The second kappa shape index (κ2) is 4.53. The highest BCUT2D eigenvalue weighted by atomic mass is 16.6. The molecule has 18 heavy (non-hydrogen) atoms. The van der Waals surface area contributed by atoms with E-state index in [0.29, 0.717) is 5.69 Å². The number of anilines is 2.